The Hall–Kier alpha value is -1.96. The van der Waals surface area contributed by atoms with Crippen molar-refractivity contribution in [2.24, 2.45) is 11.8 Å². The molecule has 0 amide bonds. The number of benzene rings is 2. The van der Waals surface area contributed by atoms with Crippen LogP contribution in [0.5, 0.6) is 11.5 Å². The molecule has 30 heavy (non-hydrogen) atoms. The largest absolute Gasteiger partial charge is 0.507 e. The van der Waals surface area contributed by atoms with Crippen molar-refractivity contribution < 1.29 is 10.2 Å². The van der Waals surface area contributed by atoms with Crippen LogP contribution in [0.2, 0.25) is 0 Å². The smallest absolute Gasteiger partial charge is 0.122 e. The number of hydrogen-bond acceptors (Lipinski definition) is 2. The summed E-state index contributed by atoms with van der Waals surface area (Å²) in [4.78, 5) is 0. The van der Waals surface area contributed by atoms with Crippen LogP contribution in [0, 0.1) is 11.8 Å². The van der Waals surface area contributed by atoms with Gasteiger partial charge in [0.15, 0.2) is 0 Å². The molecule has 0 aliphatic heterocycles. The van der Waals surface area contributed by atoms with Gasteiger partial charge in [0.1, 0.15) is 11.5 Å². The third-order valence-electron chi connectivity index (χ3n) is 7.55. The van der Waals surface area contributed by atoms with Gasteiger partial charge in [0.05, 0.1) is 0 Å². The molecule has 162 valence electrons. The molecular formula is C28H38O2. The maximum Gasteiger partial charge on any atom is 0.122 e. The number of aromatic hydroxyl groups is 2. The molecule has 2 aromatic carbocycles. The van der Waals surface area contributed by atoms with Gasteiger partial charge in [0, 0.05) is 0 Å². The zero-order chi connectivity index (χ0) is 21.7. The predicted molar refractivity (Wildman–Crippen MR) is 126 cm³/mol. The van der Waals surface area contributed by atoms with E-state index in [1.54, 1.807) is 0 Å². The first-order valence-corrected chi connectivity index (χ1v) is 11.9. The monoisotopic (exact) mass is 406 g/mol. The highest BCUT2D eigenvalue weighted by Gasteiger charge is 2.33. The molecule has 2 aromatic rings. The van der Waals surface area contributed by atoms with Crippen LogP contribution < -0.4 is 0 Å². The van der Waals surface area contributed by atoms with Crippen molar-refractivity contribution in [1.29, 1.82) is 0 Å². The van der Waals surface area contributed by atoms with Crippen LogP contribution in [0.15, 0.2) is 24.3 Å². The van der Waals surface area contributed by atoms with Crippen molar-refractivity contribution >= 4 is 0 Å². The lowest BCUT2D eigenvalue weighted by molar-refractivity contribution is 0.448. The third kappa shape index (κ3) is 3.98. The zero-order valence-electron chi connectivity index (χ0n) is 19.5. The van der Waals surface area contributed by atoms with E-state index in [1.807, 2.05) is 0 Å². The molecule has 2 nitrogen and oxygen atoms in total. The fourth-order valence-corrected chi connectivity index (χ4v) is 4.97. The number of phenolic OH excluding ortho intramolecular Hbond substituents is 2. The summed E-state index contributed by atoms with van der Waals surface area (Å²) in [6.45, 7) is 13.1. The van der Waals surface area contributed by atoms with Crippen LogP contribution in [0.1, 0.15) is 113 Å². The standard InChI is InChI=1S/C28H38O2/c1-15(2)23-11-21(13-25(27(23)29)17(5)19-7-8-19)22-12-24(16(3)4)28(30)26(14-22)18(6)20-9-10-20/h11-20,29-30H,7-10H2,1-6H3. The second-order valence-electron chi connectivity index (χ2n) is 10.6. The van der Waals surface area contributed by atoms with Gasteiger partial charge in [-0.3, -0.25) is 0 Å². The van der Waals surface area contributed by atoms with E-state index in [0.29, 0.717) is 35.2 Å². The van der Waals surface area contributed by atoms with Crippen molar-refractivity contribution in [3.63, 3.8) is 0 Å². The van der Waals surface area contributed by atoms with E-state index in [1.165, 1.54) is 36.8 Å². The van der Waals surface area contributed by atoms with Crippen LogP contribution in [0.25, 0.3) is 11.1 Å². The molecule has 0 radical (unpaired) electrons. The van der Waals surface area contributed by atoms with Gasteiger partial charge in [-0.1, -0.05) is 41.5 Å². The Bertz CT molecular complexity index is 855. The second kappa shape index (κ2) is 7.94. The SMILES string of the molecule is CC(C)c1cc(-c2cc(C(C)C)c(O)c(C(C)C3CC3)c2)cc(C(C)C2CC2)c1O. The van der Waals surface area contributed by atoms with Crippen LogP contribution in [-0.4, -0.2) is 10.2 Å². The van der Waals surface area contributed by atoms with Crippen LogP contribution in [-0.2, 0) is 0 Å². The molecule has 2 heteroatoms. The van der Waals surface area contributed by atoms with E-state index >= 15 is 0 Å². The molecule has 2 saturated carbocycles. The third-order valence-corrected chi connectivity index (χ3v) is 7.55. The lowest BCUT2D eigenvalue weighted by Crippen LogP contribution is -2.03. The average Bonchev–Trinajstić information content (AvgIpc) is 3.59. The van der Waals surface area contributed by atoms with Gasteiger partial charge in [-0.05, 0) is 119 Å². The maximum absolute atomic E-state index is 11.0. The molecule has 2 atom stereocenters. The molecule has 2 aliphatic rings. The first-order chi connectivity index (χ1) is 14.2. The van der Waals surface area contributed by atoms with Crippen LogP contribution >= 0.6 is 0 Å². The van der Waals surface area contributed by atoms with Gasteiger partial charge >= 0.3 is 0 Å². The molecule has 4 rings (SSSR count). The summed E-state index contributed by atoms with van der Waals surface area (Å²) in [5.41, 5.74) is 6.59. The van der Waals surface area contributed by atoms with Gasteiger partial charge < -0.3 is 10.2 Å². The highest BCUT2D eigenvalue weighted by molar-refractivity contribution is 5.71. The van der Waals surface area contributed by atoms with Gasteiger partial charge in [0.25, 0.3) is 0 Å². The van der Waals surface area contributed by atoms with Gasteiger partial charge in [-0.25, -0.2) is 0 Å². The molecular weight excluding hydrogens is 368 g/mol. The fourth-order valence-electron chi connectivity index (χ4n) is 4.97. The lowest BCUT2D eigenvalue weighted by Gasteiger charge is -2.22. The zero-order valence-corrected chi connectivity index (χ0v) is 19.5. The Morgan fingerprint density at radius 1 is 0.567 bits per heavy atom. The normalized spacial score (nSPS) is 18.8. The molecule has 0 heterocycles. The molecule has 2 fully saturated rings. The summed E-state index contributed by atoms with van der Waals surface area (Å²) in [7, 11) is 0. The Kier molecular flexibility index (Phi) is 5.64. The molecule has 0 spiro atoms. The van der Waals surface area contributed by atoms with E-state index < -0.39 is 0 Å². The highest BCUT2D eigenvalue weighted by Crippen LogP contribution is 2.50. The van der Waals surface area contributed by atoms with Crippen molar-refractivity contribution in [2.75, 3.05) is 0 Å². The number of rotatable bonds is 7. The summed E-state index contributed by atoms with van der Waals surface area (Å²) >= 11 is 0. The van der Waals surface area contributed by atoms with Gasteiger partial charge in [0.2, 0.25) is 0 Å². The van der Waals surface area contributed by atoms with Crippen molar-refractivity contribution in [1.82, 2.24) is 0 Å². The van der Waals surface area contributed by atoms with Gasteiger partial charge in [-0.15, -0.1) is 0 Å². The second-order valence-corrected chi connectivity index (χ2v) is 10.6. The minimum absolute atomic E-state index is 0.265. The molecule has 2 N–H and O–H groups in total. The van der Waals surface area contributed by atoms with Crippen molar-refractivity contribution in [3.8, 4) is 22.6 Å². The van der Waals surface area contributed by atoms with Crippen LogP contribution in [0.4, 0.5) is 0 Å². The maximum atomic E-state index is 11.0. The summed E-state index contributed by atoms with van der Waals surface area (Å²) < 4.78 is 0. The molecule has 2 unspecified atom stereocenters. The number of phenols is 2. The molecule has 0 aromatic heterocycles. The van der Waals surface area contributed by atoms with Gasteiger partial charge in [-0.2, -0.15) is 0 Å². The highest BCUT2D eigenvalue weighted by atomic mass is 16.3. The Morgan fingerprint density at radius 3 is 1.13 bits per heavy atom. The summed E-state index contributed by atoms with van der Waals surface area (Å²) in [6.07, 6.45) is 5.06. The van der Waals surface area contributed by atoms with E-state index in [9.17, 15) is 10.2 Å². The quantitative estimate of drug-likeness (QED) is 0.488. The minimum atomic E-state index is 0.265. The van der Waals surface area contributed by atoms with E-state index in [0.717, 1.165) is 22.3 Å². The molecule has 2 aliphatic carbocycles. The summed E-state index contributed by atoms with van der Waals surface area (Å²) in [5.74, 6) is 3.67. The fraction of sp³-hybridized carbons (Fsp3) is 0.571. The van der Waals surface area contributed by atoms with E-state index in [-0.39, 0.29) is 11.8 Å². The Balaban J connectivity index is 1.88. The van der Waals surface area contributed by atoms with Crippen molar-refractivity contribution in [2.45, 2.75) is 90.9 Å². The van der Waals surface area contributed by atoms with E-state index in [2.05, 4.69) is 65.8 Å². The molecule has 0 saturated heterocycles. The first-order valence-electron chi connectivity index (χ1n) is 11.9. The Labute approximate surface area is 182 Å². The summed E-state index contributed by atoms with van der Waals surface area (Å²) in [6, 6.07) is 8.77. The summed E-state index contributed by atoms with van der Waals surface area (Å²) in [5, 5.41) is 22.1. The predicted octanol–water partition coefficient (Wildman–Crippen LogP) is 8.04. The number of hydrogen-bond donors (Lipinski definition) is 2. The van der Waals surface area contributed by atoms with Crippen molar-refractivity contribution in [3.05, 3.63) is 46.5 Å². The average molecular weight is 407 g/mol. The lowest BCUT2D eigenvalue weighted by atomic mass is 9.84. The first kappa shape index (κ1) is 21.3. The molecule has 0 bridgehead atoms. The van der Waals surface area contributed by atoms with Crippen LogP contribution in [0.3, 0.4) is 0 Å². The van der Waals surface area contributed by atoms with E-state index in [4.69, 9.17) is 0 Å². The Morgan fingerprint density at radius 2 is 0.867 bits per heavy atom. The topological polar surface area (TPSA) is 40.5 Å². The minimum Gasteiger partial charge on any atom is -0.507 e.